The van der Waals surface area contributed by atoms with Gasteiger partial charge in [-0.3, -0.25) is 4.90 Å². The zero-order valence-electron chi connectivity index (χ0n) is 17.6. The Morgan fingerprint density at radius 2 is 1.93 bits per heavy atom. The zero-order chi connectivity index (χ0) is 20.8. The van der Waals surface area contributed by atoms with Crippen molar-refractivity contribution >= 4 is 11.3 Å². The molecule has 3 aromatic rings. The van der Waals surface area contributed by atoms with Gasteiger partial charge in [0.1, 0.15) is 6.23 Å². The molecule has 1 atom stereocenters. The maximum atomic E-state index is 11.0. The highest BCUT2D eigenvalue weighted by atomic mass is 32.1. The second-order valence-corrected chi connectivity index (χ2v) is 7.79. The summed E-state index contributed by atoms with van der Waals surface area (Å²) in [6.07, 6.45) is 2.77. The minimum atomic E-state index is -0.704. The molecule has 0 aliphatic carbocycles. The largest absolute Gasteiger partial charge is 0.374 e. The summed E-state index contributed by atoms with van der Waals surface area (Å²) in [5, 5.41) is 17.5. The number of nitrogens with zero attached hydrogens (tertiary/aromatic N) is 6. The lowest BCUT2D eigenvalue weighted by atomic mass is 10.2. The smallest absolute Gasteiger partial charge is 0.251 e. The van der Waals surface area contributed by atoms with E-state index in [9.17, 15) is 5.11 Å². The van der Waals surface area contributed by atoms with Gasteiger partial charge < -0.3 is 10.0 Å². The molecular weight excluding hydrogens is 384 g/mol. The van der Waals surface area contributed by atoms with E-state index in [0.29, 0.717) is 5.95 Å². The van der Waals surface area contributed by atoms with Crippen LogP contribution in [0.3, 0.4) is 0 Å². The molecule has 3 heterocycles. The molecule has 0 aromatic carbocycles. The van der Waals surface area contributed by atoms with Crippen molar-refractivity contribution in [3.8, 4) is 16.5 Å². The first kappa shape index (κ1) is 21.6. The first-order valence-electron chi connectivity index (χ1n) is 10.1. The van der Waals surface area contributed by atoms with E-state index in [1.165, 1.54) is 0 Å². The summed E-state index contributed by atoms with van der Waals surface area (Å²) in [5.41, 5.74) is 2.51. The SMILES string of the molecule is CCN(CC)CCN(CC)C(O)c1cnn(-c2nccc(-c3cccs3)n2)c1C. The minimum absolute atomic E-state index is 0.512. The lowest BCUT2D eigenvalue weighted by molar-refractivity contribution is -0.000229. The van der Waals surface area contributed by atoms with E-state index in [2.05, 4.69) is 45.6 Å². The van der Waals surface area contributed by atoms with Crippen LogP contribution in [0.1, 0.15) is 38.3 Å². The third kappa shape index (κ3) is 4.90. The Balaban J connectivity index is 1.80. The van der Waals surface area contributed by atoms with Crippen LogP contribution >= 0.6 is 11.3 Å². The van der Waals surface area contributed by atoms with Crippen molar-refractivity contribution in [1.29, 1.82) is 0 Å². The lowest BCUT2D eigenvalue weighted by Crippen LogP contribution is -2.37. The van der Waals surface area contributed by atoms with Crippen LogP contribution in [0.25, 0.3) is 16.5 Å². The maximum absolute atomic E-state index is 11.0. The van der Waals surface area contributed by atoms with Gasteiger partial charge in [0.05, 0.1) is 22.5 Å². The highest BCUT2D eigenvalue weighted by molar-refractivity contribution is 7.13. The Kier molecular flexibility index (Phi) is 7.49. The summed E-state index contributed by atoms with van der Waals surface area (Å²) in [5.74, 6) is 0.512. The van der Waals surface area contributed by atoms with Crippen LogP contribution in [0.5, 0.6) is 0 Å². The van der Waals surface area contributed by atoms with E-state index >= 15 is 0 Å². The molecule has 0 fully saturated rings. The molecule has 8 heteroatoms. The highest BCUT2D eigenvalue weighted by Gasteiger charge is 2.22. The van der Waals surface area contributed by atoms with E-state index in [0.717, 1.165) is 54.6 Å². The van der Waals surface area contributed by atoms with Crippen LogP contribution in [0, 0.1) is 6.92 Å². The number of hydrogen-bond acceptors (Lipinski definition) is 7. The Hall–Kier alpha value is -2.13. The molecule has 0 saturated carbocycles. The fourth-order valence-corrected chi connectivity index (χ4v) is 4.04. The van der Waals surface area contributed by atoms with Crippen molar-refractivity contribution in [2.45, 2.75) is 33.9 Å². The fraction of sp³-hybridized carbons (Fsp3) is 0.476. The first-order valence-corrected chi connectivity index (χ1v) is 11.0. The molecule has 0 bridgehead atoms. The average Bonchev–Trinajstić information content (AvgIpc) is 3.41. The minimum Gasteiger partial charge on any atom is -0.374 e. The molecule has 3 aromatic heterocycles. The molecule has 1 N–H and O–H groups in total. The van der Waals surface area contributed by atoms with Crippen molar-refractivity contribution in [2.24, 2.45) is 0 Å². The van der Waals surface area contributed by atoms with Gasteiger partial charge in [-0.1, -0.05) is 26.8 Å². The summed E-state index contributed by atoms with van der Waals surface area (Å²) in [6, 6.07) is 5.94. The molecule has 3 rings (SSSR count). The number of rotatable bonds is 10. The van der Waals surface area contributed by atoms with Gasteiger partial charge in [-0.15, -0.1) is 11.3 Å². The molecule has 7 nitrogen and oxygen atoms in total. The molecule has 29 heavy (non-hydrogen) atoms. The van der Waals surface area contributed by atoms with Gasteiger partial charge in [0.15, 0.2) is 0 Å². The molecule has 1 unspecified atom stereocenters. The first-order chi connectivity index (χ1) is 14.1. The van der Waals surface area contributed by atoms with Gasteiger partial charge in [0.25, 0.3) is 5.95 Å². The average molecular weight is 415 g/mol. The van der Waals surface area contributed by atoms with Crippen LogP contribution in [0.2, 0.25) is 0 Å². The van der Waals surface area contributed by atoms with Crippen LogP contribution in [0.15, 0.2) is 36.0 Å². The number of aromatic nitrogens is 4. The maximum Gasteiger partial charge on any atom is 0.251 e. The number of aliphatic hydroxyl groups excluding tert-OH is 1. The highest BCUT2D eigenvalue weighted by Crippen LogP contribution is 2.25. The summed E-state index contributed by atoms with van der Waals surface area (Å²) in [4.78, 5) is 14.6. The number of hydrogen-bond donors (Lipinski definition) is 1. The van der Waals surface area contributed by atoms with Crippen molar-refractivity contribution in [2.75, 3.05) is 32.7 Å². The third-order valence-electron chi connectivity index (χ3n) is 5.28. The van der Waals surface area contributed by atoms with Gasteiger partial charge in [0, 0.05) is 24.8 Å². The molecule has 0 aliphatic rings. The van der Waals surface area contributed by atoms with E-state index in [-0.39, 0.29) is 0 Å². The molecule has 0 aliphatic heterocycles. The summed E-state index contributed by atoms with van der Waals surface area (Å²) >= 11 is 1.64. The lowest BCUT2D eigenvalue weighted by Gasteiger charge is -2.29. The van der Waals surface area contributed by atoms with Crippen molar-refractivity contribution in [1.82, 2.24) is 29.5 Å². The number of thiophene rings is 1. The molecule has 0 amide bonds. The van der Waals surface area contributed by atoms with E-state index in [1.54, 1.807) is 28.4 Å². The molecule has 156 valence electrons. The van der Waals surface area contributed by atoms with Crippen LogP contribution in [-0.2, 0) is 0 Å². The Morgan fingerprint density at radius 1 is 1.14 bits per heavy atom. The van der Waals surface area contributed by atoms with E-state index in [1.807, 2.05) is 30.5 Å². The topological polar surface area (TPSA) is 70.3 Å². The monoisotopic (exact) mass is 414 g/mol. The third-order valence-corrected chi connectivity index (χ3v) is 6.17. The predicted molar refractivity (Wildman–Crippen MR) is 117 cm³/mol. The standard InChI is InChI=1S/C21H30N6OS/c1-5-25(6-2)12-13-26(7-3)20(28)17-15-23-27(16(17)4)21-22-11-10-18(24-21)19-9-8-14-29-19/h8-11,14-15,20,28H,5-7,12-13H2,1-4H3. The van der Waals surface area contributed by atoms with Crippen LogP contribution in [0.4, 0.5) is 0 Å². The summed E-state index contributed by atoms with van der Waals surface area (Å²) < 4.78 is 1.70. The summed E-state index contributed by atoms with van der Waals surface area (Å²) in [6.45, 7) is 12.9. The Labute approximate surface area is 176 Å². The quantitative estimate of drug-likeness (QED) is 0.513. The van der Waals surface area contributed by atoms with Crippen LogP contribution in [-0.4, -0.2) is 67.4 Å². The van der Waals surface area contributed by atoms with Crippen molar-refractivity contribution in [3.63, 3.8) is 0 Å². The number of aliphatic hydroxyl groups is 1. The van der Waals surface area contributed by atoms with E-state index < -0.39 is 6.23 Å². The normalized spacial score (nSPS) is 12.8. The molecular formula is C21H30N6OS. The second kappa shape index (κ2) is 10.1. The molecule has 0 saturated heterocycles. The number of likely N-dealkylation sites (N-methyl/N-ethyl adjacent to an activating group) is 2. The van der Waals surface area contributed by atoms with Crippen molar-refractivity contribution in [3.05, 3.63) is 47.2 Å². The van der Waals surface area contributed by atoms with Gasteiger partial charge in [-0.25, -0.2) is 14.6 Å². The van der Waals surface area contributed by atoms with Crippen molar-refractivity contribution < 1.29 is 5.11 Å². The molecule has 0 spiro atoms. The second-order valence-electron chi connectivity index (χ2n) is 6.85. The van der Waals surface area contributed by atoms with E-state index in [4.69, 9.17) is 0 Å². The van der Waals surface area contributed by atoms with Gasteiger partial charge in [0.2, 0.25) is 0 Å². The molecule has 0 radical (unpaired) electrons. The fourth-order valence-electron chi connectivity index (χ4n) is 3.35. The zero-order valence-corrected chi connectivity index (χ0v) is 18.4. The van der Waals surface area contributed by atoms with Gasteiger partial charge in [-0.2, -0.15) is 5.10 Å². The summed E-state index contributed by atoms with van der Waals surface area (Å²) in [7, 11) is 0. The predicted octanol–water partition coefficient (Wildman–Crippen LogP) is 3.35. The van der Waals surface area contributed by atoms with Gasteiger partial charge in [-0.05, 0) is 44.1 Å². The Morgan fingerprint density at radius 3 is 2.59 bits per heavy atom. The van der Waals surface area contributed by atoms with Crippen LogP contribution < -0.4 is 0 Å². The van der Waals surface area contributed by atoms with Gasteiger partial charge >= 0.3 is 0 Å². The Bertz CT molecular complexity index is 890.